The number of hydrogen-bond donors (Lipinski definition) is 2. The van der Waals surface area contributed by atoms with Crippen LogP contribution in [0.25, 0.3) is 0 Å². The second-order valence-electron chi connectivity index (χ2n) is 5.36. The number of nitrogens with one attached hydrogen (secondary N) is 1. The summed E-state index contributed by atoms with van der Waals surface area (Å²) >= 11 is 0. The number of nitrogens with two attached hydrogens (primary N) is 1. The van der Waals surface area contributed by atoms with Crippen molar-refractivity contribution in [3.8, 4) is 0 Å². The third-order valence-corrected chi connectivity index (χ3v) is 4.01. The molecule has 5 nitrogen and oxygen atoms in total. The van der Waals surface area contributed by atoms with Crippen molar-refractivity contribution in [1.82, 2.24) is 9.97 Å². The number of aromatic nitrogens is 2. The summed E-state index contributed by atoms with van der Waals surface area (Å²) in [6, 6.07) is 0. The Bertz CT molecular complexity index is 437. The molecule has 3 rings (SSSR count). The molecule has 0 bridgehead atoms. The lowest BCUT2D eigenvalue weighted by Gasteiger charge is -2.25. The van der Waals surface area contributed by atoms with E-state index in [9.17, 15) is 0 Å². The summed E-state index contributed by atoms with van der Waals surface area (Å²) in [7, 11) is 0. The normalized spacial score (nSPS) is 27.0. The van der Waals surface area contributed by atoms with Crippen molar-refractivity contribution in [3.63, 3.8) is 0 Å². The van der Waals surface area contributed by atoms with Crippen molar-refractivity contribution in [2.75, 3.05) is 12.0 Å². The third kappa shape index (κ3) is 1.87. The van der Waals surface area contributed by atoms with Crippen molar-refractivity contribution in [3.05, 3.63) is 17.1 Å². The quantitative estimate of drug-likeness (QED) is 0.615. The summed E-state index contributed by atoms with van der Waals surface area (Å²) in [4.78, 5) is 9.33. The number of ether oxygens (including phenoxy) is 1. The number of anilines is 1. The maximum Gasteiger partial charge on any atom is 0.162 e. The van der Waals surface area contributed by atoms with Gasteiger partial charge in [-0.05, 0) is 45.4 Å². The Morgan fingerprint density at radius 2 is 2.06 bits per heavy atom. The highest BCUT2D eigenvalue weighted by Crippen LogP contribution is 2.35. The van der Waals surface area contributed by atoms with Crippen LogP contribution in [-0.2, 0) is 23.2 Å². The zero-order valence-corrected chi connectivity index (χ0v) is 10.8. The zero-order valence-electron chi connectivity index (χ0n) is 10.8. The van der Waals surface area contributed by atoms with Crippen LogP contribution in [0.4, 0.5) is 5.82 Å². The Balaban J connectivity index is 2.05. The lowest BCUT2D eigenvalue weighted by molar-refractivity contribution is 0.00919. The van der Waals surface area contributed by atoms with E-state index in [-0.39, 0.29) is 5.60 Å². The number of fused-ring (bicyclic) bond motifs is 1. The predicted molar refractivity (Wildman–Crippen MR) is 69.0 cm³/mol. The number of hydrazine groups is 1. The highest BCUT2D eigenvalue weighted by Gasteiger charge is 2.36. The lowest BCUT2D eigenvalue weighted by atomic mass is 9.95. The molecule has 0 amide bonds. The number of hydrogen-bond acceptors (Lipinski definition) is 5. The lowest BCUT2D eigenvalue weighted by Crippen LogP contribution is -2.27. The van der Waals surface area contributed by atoms with Gasteiger partial charge >= 0.3 is 0 Å². The first-order chi connectivity index (χ1) is 8.73. The first-order valence-corrected chi connectivity index (χ1v) is 6.74. The van der Waals surface area contributed by atoms with E-state index in [1.807, 2.05) is 0 Å². The van der Waals surface area contributed by atoms with Gasteiger partial charge in [0.1, 0.15) is 11.4 Å². The van der Waals surface area contributed by atoms with Gasteiger partial charge in [-0.2, -0.15) is 0 Å². The molecule has 2 heterocycles. The second kappa shape index (κ2) is 4.48. The second-order valence-corrected chi connectivity index (χ2v) is 5.36. The van der Waals surface area contributed by atoms with Crippen molar-refractivity contribution < 1.29 is 4.74 Å². The predicted octanol–water partition coefficient (Wildman–Crippen LogP) is 1.67. The minimum absolute atomic E-state index is 0.335. The van der Waals surface area contributed by atoms with Gasteiger partial charge in [-0.3, -0.25) is 0 Å². The molecule has 1 unspecified atom stereocenters. The van der Waals surface area contributed by atoms with E-state index in [2.05, 4.69) is 17.3 Å². The molecule has 0 aromatic carbocycles. The van der Waals surface area contributed by atoms with Crippen LogP contribution in [0.3, 0.4) is 0 Å². The Kier molecular flexibility index (Phi) is 2.95. The van der Waals surface area contributed by atoms with Crippen molar-refractivity contribution >= 4 is 5.82 Å². The molecule has 18 heavy (non-hydrogen) atoms. The molecule has 5 heteroatoms. The van der Waals surface area contributed by atoms with Gasteiger partial charge in [0.25, 0.3) is 0 Å². The maximum atomic E-state index is 5.82. The van der Waals surface area contributed by atoms with Gasteiger partial charge < -0.3 is 10.2 Å². The Morgan fingerprint density at radius 3 is 2.78 bits per heavy atom. The summed E-state index contributed by atoms with van der Waals surface area (Å²) in [5, 5.41) is 0. The highest BCUT2D eigenvalue weighted by molar-refractivity contribution is 5.47. The van der Waals surface area contributed by atoms with E-state index in [0.717, 1.165) is 49.6 Å². The fourth-order valence-corrected chi connectivity index (χ4v) is 2.91. The molecule has 1 saturated heterocycles. The summed E-state index contributed by atoms with van der Waals surface area (Å²) in [5.74, 6) is 7.17. The number of rotatable bonds is 2. The van der Waals surface area contributed by atoms with Crippen LogP contribution >= 0.6 is 0 Å². The van der Waals surface area contributed by atoms with E-state index in [1.54, 1.807) is 0 Å². The fourth-order valence-electron chi connectivity index (χ4n) is 2.91. The Morgan fingerprint density at radius 1 is 1.22 bits per heavy atom. The molecule has 0 spiro atoms. The largest absolute Gasteiger partial charge is 0.367 e. The van der Waals surface area contributed by atoms with Gasteiger partial charge in [-0.1, -0.05) is 0 Å². The number of nitrogen functional groups attached to an aromatic ring is 1. The van der Waals surface area contributed by atoms with Crippen LogP contribution < -0.4 is 11.3 Å². The van der Waals surface area contributed by atoms with Crippen molar-refractivity contribution in [2.24, 2.45) is 5.84 Å². The smallest absolute Gasteiger partial charge is 0.162 e. The van der Waals surface area contributed by atoms with Crippen LogP contribution in [0, 0.1) is 0 Å². The molecule has 3 N–H and O–H groups in total. The molecule has 98 valence electrons. The summed E-state index contributed by atoms with van der Waals surface area (Å²) in [5.41, 5.74) is 4.73. The first-order valence-electron chi connectivity index (χ1n) is 6.74. The standard InChI is InChI=1S/C13H20N4O/c1-13(7-4-8-18-13)12-15-10-6-3-2-5-9(10)11(16-12)17-14/h2-8,14H2,1H3,(H,15,16,17). The van der Waals surface area contributed by atoms with Crippen LogP contribution in [0.1, 0.15) is 49.7 Å². The van der Waals surface area contributed by atoms with Crippen molar-refractivity contribution in [1.29, 1.82) is 0 Å². The van der Waals surface area contributed by atoms with E-state index < -0.39 is 0 Å². The van der Waals surface area contributed by atoms with Gasteiger partial charge in [-0.15, -0.1) is 0 Å². The first kappa shape index (κ1) is 11.9. The number of nitrogens with zero attached hydrogens (tertiary/aromatic N) is 2. The van der Waals surface area contributed by atoms with E-state index in [1.165, 1.54) is 18.4 Å². The van der Waals surface area contributed by atoms with Crippen LogP contribution in [0.5, 0.6) is 0 Å². The highest BCUT2D eigenvalue weighted by atomic mass is 16.5. The molecule has 1 aromatic rings. The zero-order chi connectivity index (χ0) is 12.6. The van der Waals surface area contributed by atoms with E-state index in [0.29, 0.717) is 0 Å². The average molecular weight is 248 g/mol. The van der Waals surface area contributed by atoms with Gasteiger partial charge in [0.15, 0.2) is 5.82 Å². The number of aryl methyl sites for hydroxylation is 1. The molecule has 1 aliphatic heterocycles. The van der Waals surface area contributed by atoms with Crippen molar-refractivity contribution in [2.45, 2.75) is 51.0 Å². The molecule has 1 atom stereocenters. The van der Waals surface area contributed by atoms with Gasteiger partial charge in [0.05, 0.1) is 0 Å². The minimum Gasteiger partial charge on any atom is -0.367 e. The minimum atomic E-state index is -0.335. The van der Waals surface area contributed by atoms with Crippen LogP contribution in [0.2, 0.25) is 0 Å². The van der Waals surface area contributed by atoms with E-state index in [4.69, 9.17) is 15.6 Å². The summed E-state index contributed by atoms with van der Waals surface area (Å²) in [6.45, 7) is 2.87. The van der Waals surface area contributed by atoms with Crippen LogP contribution in [-0.4, -0.2) is 16.6 Å². The van der Waals surface area contributed by atoms with Gasteiger partial charge in [0.2, 0.25) is 0 Å². The molecule has 1 aromatic heterocycles. The Hall–Kier alpha value is -1.20. The van der Waals surface area contributed by atoms with Gasteiger partial charge in [-0.25, -0.2) is 15.8 Å². The van der Waals surface area contributed by atoms with Crippen LogP contribution in [0.15, 0.2) is 0 Å². The molecular formula is C13H20N4O. The SMILES string of the molecule is CC1(c2nc3c(c(NN)n2)CCCC3)CCCO1. The molecule has 2 aliphatic rings. The molecule has 0 radical (unpaired) electrons. The summed E-state index contributed by atoms with van der Waals surface area (Å²) < 4.78 is 5.82. The fraction of sp³-hybridized carbons (Fsp3) is 0.692. The Labute approximate surface area is 107 Å². The summed E-state index contributed by atoms with van der Waals surface area (Å²) in [6.07, 6.45) is 6.49. The molecule has 1 fully saturated rings. The third-order valence-electron chi connectivity index (χ3n) is 4.01. The topological polar surface area (TPSA) is 73.1 Å². The van der Waals surface area contributed by atoms with E-state index >= 15 is 0 Å². The maximum absolute atomic E-state index is 5.82. The molecule has 0 saturated carbocycles. The molecular weight excluding hydrogens is 228 g/mol. The molecule has 1 aliphatic carbocycles. The monoisotopic (exact) mass is 248 g/mol. The van der Waals surface area contributed by atoms with Gasteiger partial charge in [0, 0.05) is 17.9 Å². The average Bonchev–Trinajstić information content (AvgIpc) is 2.85.